The molecule has 4 rings (SSSR count). The smallest absolute Gasteiger partial charge is 0.381 e. The molecule has 0 unspecified atom stereocenters. The van der Waals surface area contributed by atoms with Gasteiger partial charge in [-0.2, -0.15) is 29.6 Å². The van der Waals surface area contributed by atoms with E-state index in [1.807, 2.05) is 0 Å². The minimum absolute atomic E-state index is 0.000530. The highest BCUT2D eigenvalue weighted by atomic mass is 32.1. The van der Waals surface area contributed by atoms with E-state index in [0.29, 0.717) is 35.8 Å². The van der Waals surface area contributed by atoms with Gasteiger partial charge in [0.15, 0.2) is 5.69 Å². The number of nitrogens with zero attached hydrogens (tertiary/aromatic N) is 4. The normalized spacial score (nSPS) is 15.9. The predicted octanol–water partition coefficient (Wildman–Crippen LogP) is 5.88. The number of carbonyl (C=O) groups is 1. The average Bonchev–Trinajstić information content (AvgIpc) is 3.47. The van der Waals surface area contributed by atoms with Crippen LogP contribution in [0, 0.1) is 6.57 Å². The first kappa shape index (κ1) is 24.7. The van der Waals surface area contributed by atoms with Crippen molar-refractivity contribution in [2.24, 2.45) is 0 Å². The summed E-state index contributed by atoms with van der Waals surface area (Å²) in [6.07, 6.45) is -0.142. The van der Waals surface area contributed by atoms with Crippen molar-refractivity contribution < 1.29 is 22.7 Å². The Labute approximate surface area is 205 Å². The van der Waals surface area contributed by atoms with Gasteiger partial charge in [0.1, 0.15) is 0 Å². The van der Waals surface area contributed by atoms with E-state index in [1.54, 1.807) is 48.2 Å². The van der Waals surface area contributed by atoms with Gasteiger partial charge in [-0.05, 0) is 29.7 Å². The van der Waals surface area contributed by atoms with Crippen LogP contribution >= 0.6 is 11.3 Å². The zero-order valence-electron chi connectivity index (χ0n) is 19.2. The Kier molecular flexibility index (Phi) is 7.10. The number of carbonyl (C=O) groups excluding carboxylic acids is 1. The van der Waals surface area contributed by atoms with E-state index in [-0.39, 0.29) is 18.0 Å². The average molecular weight is 501 g/mol. The Morgan fingerprint density at radius 2 is 2.09 bits per heavy atom. The molecule has 1 amide bonds. The van der Waals surface area contributed by atoms with Crippen molar-refractivity contribution in [2.75, 3.05) is 20.3 Å². The Bertz CT molecular complexity index is 1300. The molecule has 35 heavy (non-hydrogen) atoms. The summed E-state index contributed by atoms with van der Waals surface area (Å²) in [4.78, 5) is 18.9. The van der Waals surface area contributed by atoms with Crippen molar-refractivity contribution in [1.82, 2.24) is 14.7 Å². The molecular weight excluding hydrogens is 477 g/mol. The summed E-state index contributed by atoms with van der Waals surface area (Å²) >= 11 is 1.31. The second-order valence-electron chi connectivity index (χ2n) is 8.04. The molecule has 182 valence electrons. The van der Waals surface area contributed by atoms with Gasteiger partial charge >= 0.3 is 6.18 Å². The highest BCUT2D eigenvalue weighted by Gasteiger charge is 2.39. The fourth-order valence-corrected chi connectivity index (χ4v) is 5.30. The molecule has 0 radical (unpaired) electrons. The first-order valence-electron chi connectivity index (χ1n) is 10.9. The summed E-state index contributed by atoms with van der Waals surface area (Å²) < 4.78 is 47.9. The van der Waals surface area contributed by atoms with Crippen molar-refractivity contribution in [2.45, 2.75) is 32.1 Å². The van der Waals surface area contributed by atoms with Crippen LogP contribution in [0.4, 0.5) is 18.2 Å². The zero-order chi connectivity index (χ0) is 25.2. The van der Waals surface area contributed by atoms with Crippen LogP contribution in [0.2, 0.25) is 0 Å². The fourth-order valence-electron chi connectivity index (χ4n) is 4.28. The topological polar surface area (TPSA) is 51.7 Å². The van der Waals surface area contributed by atoms with Gasteiger partial charge in [0, 0.05) is 48.8 Å². The Hall–Kier alpha value is -3.42. The first-order chi connectivity index (χ1) is 16.8. The van der Waals surface area contributed by atoms with Gasteiger partial charge in [-0.1, -0.05) is 30.3 Å². The third-order valence-electron chi connectivity index (χ3n) is 5.87. The highest BCUT2D eigenvalue weighted by Crippen LogP contribution is 2.45. The summed E-state index contributed by atoms with van der Waals surface area (Å²) in [6, 6.07) is 8.70. The minimum atomic E-state index is -4.62. The molecule has 3 aromatic rings. The van der Waals surface area contributed by atoms with Crippen LogP contribution in [-0.4, -0.2) is 40.8 Å². The standard InChI is InChI=1S/C25H23F3N4O2S/c1-4-32-14-20(24(30-32)25(26,27)28)17-9-6-5-8-16(17)19-13-31(23(33)10-7-11-34-3)15-21-18(19)12-22(29-2)35-21/h5-10,12,14,19H,4,11,13,15H2,1,3H3/b10-7+/t19-/m0/s1. The number of rotatable bonds is 6. The van der Waals surface area contributed by atoms with E-state index in [4.69, 9.17) is 11.3 Å². The molecule has 3 heterocycles. The number of fused-ring (bicyclic) bond motifs is 1. The molecule has 1 aliphatic heterocycles. The number of ether oxygens (including phenoxy) is 1. The third-order valence-corrected chi connectivity index (χ3v) is 6.90. The SMILES string of the molecule is [C-]#[N+]c1cc2c(s1)CN(C(=O)/C=C/COC)C[C@H]2c1ccccc1-c1cn(CC)nc1C(F)(F)F. The number of alkyl halides is 3. The second kappa shape index (κ2) is 10.1. The van der Waals surface area contributed by atoms with Crippen LogP contribution in [0.15, 0.2) is 48.7 Å². The van der Waals surface area contributed by atoms with E-state index in [9.17, 15) is 18.0 Å². The molecule has 0 saturated carbocycles. The van der Waals surface area contributed by atoms with Crippen molar-refractivity contribution in [3.05, 3.63) is 81.8 Å². The molecular formula is C25H23F3N4O2S. The Morgan fingerprint density at radius 3 is 2.77 bits per heavy atom. The van der Waals surface area contributed by atoms with Crippen LogP contribution in [0.3, 0.4) is 0 Å². The van der Waals surface area contributed by atoms with E-state index in [2.05, 4.69) is 9.94 Å². The number of benzene rings is 1. The first-order valence-corrected chi connectivity index (χ1v) is 11.8. The highest BCUT2D eigenvalue weighted by molar-refractivity contribution is 7.16. The van der Waals surface area contributed by atoms with Crippen LogP contribution < -0.4 is 0 Å². The van der Waals surface area contributed by atoms with Gasteiger partial charge in [-0.3, -0.25) is 9.48 Å². The molecule has 0 aliphatic carbocycles. The van der Waals surface area contributed by atoms with E-state index in [0.717, 1.165) is 10.4 Å². The predicted molar refractivity (Wildman–Crippen MR) is 127 cm³/mol. The monoisotopic (exact) mass is 500 g/mol. The van der Waals surface area contributed by atoms with Crippen molar-refractivity contribution in [3.8, 4) is 11.1 Å². The van der Waals surface area contributed by atoms with Gasteiger partial charge in [0.2, 0.25) is 10.9 Å². The lowest BCUT2D eigenvalue weighted by atomic mass is 9.84. The van der Waals surface area contributed by atoms with Crippen LogP contribution in [0.25, 0.3) is 16.0 Å². The summed E-state index contributed by atoms with van der Waals surface area (Å²) in [5, 5.41) is 4.26. The van der Waals surface area contributed by atoms with Crippen molar-refractivity contribution in [1.29, 1.82) is 0 Å². The molecule has 0 fully saturated rings. The Balaban J connectivity index is 1.83. The molecule has 10 heteroatoms. The largest absolute Gasteiger partial charge is 0.435 e. The minimum Gasteiger partial charge on any atom is -0.381 e. The number of aromatic nitrogens is 2. The van der Waals surface area contributed by atoms with Crippen molar-refractivity contribution >= 4 is 22.2 Å². The lowest BCUT2D eigenvalue weighted by Crippen LogP contribution is -2.37. The van der Waals surface area contributed by atoms with Crippen LogP contribution in [0.5, 0.6) is 0 Å². The van der Waals surface area contributed by atoms with E-state index >= 15 is 0 Å². The molecule has 0 N–H and O–H groups in total. The molecule has 1 aromatic carbocycles. The molecule has 0 bridgehead atoms. The molecule has 0 saturated heterocycles. The maximum absolute atomic E-state index is 13.9. The summed E-state index contributed by atoms with van der Waals surface area (Å²) in [6.45, 7) is 10.4. The second-order valence-corrected chi connectivity index (χ2v) is 9.15. The molecule has 0 spiro atoms. The summed E-state index contributed by atoms with van der Waals surface area (Å²) in [5.74, 6) is -0.615. The quantitative estimate of drug-likeness (QED) is 0.314. The zero-order valence-corrected chi connectivity index (χ0v) is 20.0. The number of thiophene rings is 1. The lowest BCUT2D eigenvalue weighted by Gasteiger charge is -2.34. The molecule has 1 atom stereocenters. The Morgan fingerprint density at radius 1 is 1.31 bits per heavy atom. The molecule has 2 aromatic heterocycles. The maximum Gasteiger partial charge on any atom is 0.435 e. The van der Waals surface area contributed by atoms with Crippen LogP contribution in [0.1, 0.15) is 34.5 Å². The number of amides is 1. The van der Waals surface area contributed by atoms with Gasteiger partial charge in [-0.25, -0.2) is 4.85 Å². The number of hydrogen-bond acceptors (Lipinski definition) is 4. The van der Waals surface area contributed by atoms with Gasteiger partial charge in [0.05, 0.1) is 19.7 Å². The molecule has 1 aliphatic rings. The summed E-state index contributed by atoms with van der Waals surface area (Å²) in [7, 11) is 1.53. The number of methoxy groups -OCH3 is 1. The summed E-state index contributed by atoms with van der Waals surface area (Å²) in [5.41, 5.74) is 0.999. The molecule has 6 nitrogen and oxygen atoms in total. The van der Waals surface area contributed by atoms with Gasteiger partial charge < -0.3 is 9.64 Å². The maximum atomic E-state index is 13.9. The number of halogens is 3. The van der Waals surface area contributed by atoms with Gasteiger partial charge in [-0.15, -0.1) is 0 Å². The third kappa shape index (κ3) is 5.01. The van der Waals surface area contributed by atoms with Gasteiger partial charge in [0.25, 0.3) is 0 Å². The van der Waals surface area contributed by atoms with Crippen molar-refractivity contribution in [3.63, 3.8) is 0 Å². The lowest BCUT2D eigenvalue weighted by molar-refractivity contribution is -0.141. The number of hydrogen-bond donors (Lipinski definition) is 0. The number of aryl methyl sites for hydroxylation is 1. The van der Waals surface area contributed by atoms with E-state index < -0.39 is 17.8 Å². The van der Waals surface area contributed by atoms with E-state index in [1.165, 1.54) is 35.4 Å². The fraction of sp³-hybridized carbons (Fsp3) is 0.320. The van der Waals surface area contributed by atoms with Crippen LogP contribution in [-0.2, 0) is 28.8 Å².